The molecular formula is C31H37NO3. The molecule has 7 rings (SSSR count). The van der Waals surface area contributed by atoms with Crippen LogP contribution in [-0.4, -0.2) is 22.5 Å². The molecule has 0 aromatic heterocycles. The molecule has 184 valence electrons. The molecule has 4 aliphatic carbocycles. The fourth-order valence-corrected chi connectivity index (χ4v) is 6.73. The molecule has 2 N–H and O–H groups in total. The standard InChI is InChI=1S/C31H37NO3/c33-35-31-17-14-30(15-18-31,16-19-31)32-22-23-6-7-27-21-29(13-10-26(27)20-23)34-28-11-8-25(9-12-28)24-4-2-1-3-5-24/h1-7,10,13,20-21,25,28,32-33H,8-9,11-12,14-19,22H2. The van der Waals surface area contributed by atoms with Crippen LogP contribution in [0, 0.1) is 0 Å². The van der Waals surface area contributed by atoms with Gasteiger partial charge in [-0.25, -0.2) is 4.89 Å². The van der Waals surface area contributed by atoms with E-state index in [1.807, 2.05) is 0 Å². The normalized spacial score (nSPS) is 30.4. The van der Waals surface area contributed by atoms with Crippen molar-refractivity contribution in [1.29, 1.82) is 0 Å². The molecule has 2 bridgehead atoms. The molecule has 4 nitrogen and oxygen atoms in total. The molecular weight excluding hydrogens is 434 g/mol. The molecule has 35 heavy (non-hydrogen) atoms. The molecule has 4 saturated carbocycles. The fraction of sp³-hybridized carbons (Fsp3) is 0.484. The third kappa shape index (κ3) is 4.84. The first-order valence-electron chi connectivity index (χ1n) is 13.5. The number of benzene rings is 3. The van der Waals surface area contributed by atoms with Crippen molar-refractivity contribution in [3.63, 3.8) is 0 Å². The zero-order valence-corrected chi connectivity index (χ0v) is 20.5. The minimum absolute atomic E-state index is 0.201. The second-order valence-corrected chi connectivity index (χ2v) is 11.3. The average molecular weight is 472 g/mol. The third-order valence-electron chi connectivity index (χ3n) is 9.16. The summed E-state index contributed by atoms with van der Waals surface area (Å²) >= 11 is 0. The van der Waals surface area contributed by atoms with E-state index in [9.17, 15) is 5.26 Å². The van der Waals surface area contributed by atoms with Crippen LogP contribution in [0.5, 0.6) is 5.75 Å². The van der Waals surface area contributed by atoms with Gasteiger partial charge in [-0.3, -0.25) is 5.26 Å². The van der Waals surface area contributed by atoms with Crippen LogP contribution in [0.2, 0.25) is 0 Å². The highest BCUT2D eigenvalue weighted by Crippen LogP contribution is 2.48. The maximum Gasteiger partial charge on any atom is 0.120 e. The third-order valence-corrected chi connectivity index (χ3v) is 9.16. The Morgan fingerprint density at radius 3 is 2.17 bits per heavy atom. The van der Waals surface area contributed by atoms with Crippen molar-refractivity contribution in [2.45, 2.75) is 93.9 Å². The van der Waals surface area contributed by atoms with Gasteiger partial charge in [0.05, 0.1) is 6.10 Å². The van der Waals surface area contributed by atoms with Gasteiger partial charge >= 0.3 is 0 Å². The molecule has 0 atom stereocenters. The van der Waals surface area contributed by atoms with E-state index in [-0.39, 0.29) is 11.1 Å². The smallest absolute Gasteiger partial charge is 0.120 e. The highest BCUT2D eigenvalue weighted by molar-refractivity contribution is 5.84. The van der Waals surface area contributed by atoms with Crippen molar-refractivity contribution in [2.75, 3.05) is 0 Å². The lowest BCUT2D eigenvalue weighted by Gasteiger charge is -2.52. The van der Waals surface area contributed by atoms with E-state index in [0.29, 0.717) is 12.0 Å². The van der Waals surface area contributed by atoms with Gasteiger partial charge in [-0.05, 0) is 110 Å². The second-order valence-electron chi connectivity index (χ2n) is 11.3. The Hall–Kier alpha value is -2.40. The van der Waals surface area contributed by atoms with Gasteiger partial charge in [0, 0.05) is 12.1 Å². The highest BCUT2D eigenvalue weighted by atomic mass is 17.1. The van der Waals surface area contributed by atoms with E-state index in [2.05, 4.69) is 72.0 Å². The van der Waals surface area contributed by atoms with E-state index < -0.39 is 0 Å². The summed E-state index contributed by atoms with van der Waals surface area (Å²) in [6.07, 6.45) is 11.0. The van der Waals surface area contributed by atoms with E-state index in [0.717, 1.165) is 63.7 Å². The lowest BCUT2D eigenvalue weighted by Crippen LogP contribution is -2.57. The Morgan fingerprint density at radius 1 is 0.771 bits per heavy atom. The Bertz CT molecular complexity index is 1130. The Morgan fingerprint density at radius 2 is 1.46 bits per heavy atom. The van der Waals surface area contributed by atoms with Gasteiger partial charge < -0.3 is 10.1 Å². The molecule has 0 heterocycles. The monoisotopic (exact) mass is 471 g/mol. The summed E-state index contributed by atoms with van der Waals surface area (Å²) in [5, 5.41) is 15.7. The second kappa shape index (κ2) is 9.57. The lowest BCUT2D eigenvalue weighted by molar-refractivity contribution is -0.343. The van der Waals surface area contributed by atoms with Crippen LogP contribution in [0.1, 0.15) is 81.3 Å². The Kier molecular flexibility index (Phi) is 6.30. The summed E-state index contributed by atoms with van der Waals surface area (Å²) in [5.41, 5.74) is 2.72. The largest absolute Gasteiger partial charge is 0.490 e. The number of hydrogen-bond donors (Lipinski definition) is 2. The number of hydrogen-bond acceptors (Lipinski definition) is 4. The molecule has 4 heteroatoms. The zero-order valence-electron chi connectivity index (χ0n) is 20.5. The lowest BCUT2D eigenvalue weighted by atomic mass is 9.63. The molecule has 0 saturated heterocycles. The summed E-state index contributed by atoms with van der Waals surface area (Å²) in [4.78, 5) is 4.86. The first-order valence-corrected chi connectivity index (χ1v) is 13.5. The molecule has 0 unspecified atom stereocenters. The van der Waals surface area contributed by atoms with Gasteiger partial charge in [0.25, 0.3) is 0 Å². The van der Waals surface area contributed by atoms with E-state index in [1.54, 1.807) is 0 Å². The average Bonchev–Trinajstić information content (AvgIpc) is 2.94. The molecule has 4 aliphatic rings. The number of fused-ring (bicyclic) bond motifs is 4. The van der Waals surface area contributed by atoms with Crippen molar-refractivity contribution in [3.8, 4) is 5.75 Å². The fourth-order valence-electron chi connectivity index (χ4n) is 6.73. The first kappa shape index (κ1) is 23.0. The number of ether oxygens (including phenoxy) is 1. The molecule has 0 radical (unpaired) electrons. The molecule has 4 fully saturated rings. The minimum atomic E-state index is -0.270. The molecule has 0 spiro atoms. The topological polar surface area (TPSA) is 50.7 Å². The summed E-state index contributed by atoms with van der Waals surface area (Å²) in [6.45, 7) is 0.881. The van der Waals surface area contributed by atoms with Gasteiger partial charge in [-0.2, -0.15) is 0 Å². The molecule has 3 aromatic carbocycles. The van der Waals surface area contributed by atoms with Crippen LogP contribution in [0.15, 0.2) is 66.7 Å². The maximum atomic E-state index is 9.29. The van der Waals surface area contributed by atoms with Gasteiger partial charge in [0.2, 0.25) is 0 Å². The van der Waals surface area contributed by atoms with E-state index >= 15 is 0 Å². The molecule has 0 amide bonds. The summed E-state index contributed by atoms with van der Waals surface area (Å²) < 4.78 is 6.41. The zero-order chi connectivity index (χ0) is 23.7. The predicted octanol–water partition coefficient (Wildman–Crippen LogP) is 7.37. The van der Waals surface area contributed by atoms with Crippen LogP contribution in [-0.2, 0) is 11.4 Å². The Balaban J connectivity index is 1.05. The summed E-state index contributed by atoms with van der Waals surface area (Å²) in [6, 6.07) is 24.2. The number of rotatable bonds is 7. The highest BCUT2D eigenvalue weighted by Gasteiger charge is 2.49. The van der Waals surface area contributed by atoms with Crippen LogP contribution in [0.3, 0.4) is 0 Å². The van der Waals surface area contributed by atoms with Crippen molar-refractivity contribution in [2.24, 2.45) is 0 Å². The predicted molar refractivity (Wildman–Crippen MR) is 140 cm³/mol. The van der Waals surface area contributed by atoms with Crippen LogP contribution in [0.4, 0.5) is 0 Å². The summed E-state index contributed by atoms with van der Waals surface area (Å²) in [7, 11) is 0. The van der Waals surface area contributed by atoms with Crippen LogP contribution >= 0.6 is 0 Å². The van der Waals surface area contributed by atoms with Gasteiger partial charge in [0.1, 0.15) is 11.4 Å². The molecule has 3 aromatic rings. The van der Waals surface area contributed by atoms with E-state index in [4.69, 9.17) is 9.62 Å². The summed E-state index contributed by atoms with van der Waals surface area (Å²) in [5.74, 6) is 1.66. The SMILES string of the molecule is OOC12CCC(NCc3ccc4cc(OC5CCC(c6ccccc6)CC5)ccc4c3)(CC1)CC2. The van der Waals surface area contributed by atoms with Crippen LogP contribution in [0.25, 0.3) is 10.8 Å². The van der Waals surface area contributed by atoms with Crippen LogP contribution < -0.4 is 10.1 Å². The van der Waals surface area contributed by atoms with Crippen molar-refractivity contribution < 1.29 is 14.9 Å². The van der Waals surface area contributed by atoms with Gasteiger partial charge in [-0.15, -0.1) is 0 Å². The first-order chi connectivity index (χ1) is 17.1. The maximum absolute atomic E-state index is 9.29. The minimum Gasteiger partial charge on any atom is -0.490 e. The quantitative estimate of drug-likeness (QED) is 0.279. The van der Waals surface area contributed by atoms with Gasteiger partial charge in [0.15, 0.2) is 0 Å². The van der Waals surface area contributed by atoms with Crippen molar-refractivity contribution in [1.82, 2.24) is 5.32 Å². The molecule has 0 aliphatic heterocycles. The van der Waals surface area contributed by atoms with Crippen molar-refractivity contribution >= 4 is 10.8 Å². The van der Waals surface area contributed by atoms with Crippen molar-refractivity contribution in [3.05, 3.63) is 77.9 Å². The number of nitrogens with one attached hydrogen (secondary N) is 1. The Labute approximate surface area is 208 Å². The van der Waals surface area contributed by atoms with E-state index in [1.165, 1.54) is 34.7 Å². The van der Waals surface area contributed by atoms with Gasteiger partial charge in [-0.1, -0.05) is 48.5 Å².